The van der Waals surface area contributed by atoms with Gasteiger partial charge >= 0.3 is 0 Å². The highest BCUT2D eigenvalue weighted by Gasteiger charge is 2.32. The molecule has 6 rings (SSSR count). The van der Waals surface area contributed by atoms with Crippen molar-refractivity contribution in [3.05, 3.63) is 72.2 Å². The third kappa shape index (κ3) is 15.3. The van der Waals surface area contributed by atoms with Crippen molar-refractivity contribution in [3.63, 3.8) is 0 Å². The number of fused-ring (bicyclic) bond motifs is 2. The lowest BCUT2D eigenvalue weighted by atomic mass is 10.0. The van der Waals surface area contributed by atoms with Gasteiger partial charge in [-0.3, -0.25) is 9.18 Å². The number of carbonyl (C=O) groups is 1. The first-order valence-corrected chi connectivity index (χ1v) is 21.8. The van der Waals surface area contributed by atoms with Gasteiger partial charge in [0.15, 0.2) is 6.23 Å². The van der Waals surface area contributed by atoms with Crippen LogP contribution in [0.15, 0.2) is 60.8 Å². The smallest absolute Gasteiger partial charge is 0.207 e. The van der Waals surface area contributed by atoms with Gasteiger partial charge in [-0.1, -0.05) is 77.3 Å². The van der Waals surface area contributed by atoms with Gasteiger partial charge in [0.2, 0.25) is 6.41 Å². The Bertz CT molecular complexity index is 1790. The lowest BCUT2D eigenvalue weighted by Crippen LogP contribution is -2.33. The van der Waals surface area contributed by atoms with Crippen molar-refractivity contribution in [1.82, 2.24) is 15.1 Å². The predicted molar refractivity (Wildman–Crippen MR) is 232 cm³/mol. The molecule has 1 saturated heterocycles. The molecule has 326 valence electrons. The highest BCUT2D eigenvalue weighted by atomic mass is 19.1. The quantitative estimate of drug-likeness (QED) is 0.0670. The zero-order valence-corrected chi connectivity index (χ0v) is 36.0. The number of ether oxygens (including phenoxy) is 4. The molecule has 0 aliphatic carbocycles. The van der Waals surface area contributed by atoms with E-state index in [2.05, 4.69) is 15.3 Å². The maximum atomic E-state index is 15.1. The summed E-state index contributed by atoms with van der Waals surface area (Å²) < 4.78 is 52.8. The maximum absolute atomic E-state index is 15.1. The van der Waals surface area contributed by atoms with E-state index in [0.29, 0.717) is 37.0 Å². The zero-order chi connectivity index (χ0) is 42.5. The van der Waals surface area contributed by atoms with Crippen LogP contribution < -0.4 is 19.7 Å². The van der Waals surface area contributed by atoms with Crippen molar-refractivity contribution >= 4 is 28.7 Å². The molecule has 0 bridgehead atoms. The SMILES string of the molecule is CC.CC(C)(C)OCCOc1cc(F)cc(N2c3cc4cnn(C5CCCCO5)c4cc3OC[C@H]2c2ccc(O)cc2)c1.O=CNCCCCCCCCCCCCF. The zero-order valence-electron chi connectivity index (χ0n) is 36.0. The molecule has 2 N–H and O–H groups in total. The third-order valence-electron chi connectivity index (χ3n) is 10.2. The molecule has 0 saturated carbocycles. The van der Waals surface area contributed by atoms with Crippen LogP contribution in [0.4, 0.5) is 20.2 Å². The van der Waals surface area contributed by atoms with Crippen molar-refractivity contribution in [1.29, 1.82) is 0 Å². The molecule has 4 aromatic rings. The number of rotatable bonds is 20. The first-order chi connectivity index (χ1) is 28.7. The van der Waals surface area contributed by atoms with Crippen LogP contribution in [-0.4, -0.2) is 66.5 Å². The van der Waals surface area contributed by atoms with E-state index in [9.17, 15) is 14.3 Å². The minimum atomic E-state index is -0.407. The number of nitrogens with zero attached hydrogens (tertiary/aromatic N) is 3. The molecule has 2 atom stereocenters. The van der Waals surface area contributed by atoms with Gasteiger partial charge in [-0.05, 0) is 82.7 Å². The lowest BCUT2D eigenvalue weighted by molar-refractivity contribution is -0.109. The number of amides is 1. The average molecular weight is 823 g/mol. The molecule has 3 heterocycles. The van der Waals surface area contributed by atoms with Crippen molar-refractivity contribution < 1.29 is 37.6 Å². The number of unbranched alkanes of at least 4 members (excludes halogenated alkanes) is 9. The predicted octanol–water partition coefficient (Wildman–Crippen LogP) is 11.7. The molecule has 0 spiro atoms. The van der Waals surface area contributed by atoms with Crippen LogP contribution in [0.2, 0.25) is 0 Å². The fraction of sp³-hybridized carbons (Fsp3) is 0.574. The van der Waals surface area contributed by atoms with E-state index in [1.165, 1.54) is 57.1 Å². The number of hydrogen-bond acceptors (Lipinski definition) is 8. The van der Waals surface area contributed by atoms with E-state index in [4.69, 9.17) is 18.9 Å². The summed E-state index contributed by atoms with van der Waals surface area (Å²) in [6, 6.07) is 15.5. The second kappa shape index (κ2) is 25.3. The van der Waals surface area contributed by atoms with Gasteiger partial charge < -0.3 is 34.3 Å². The number of hydrogen-bond donors (Lipinski definition) is 2. The van der Waals surface area contributed by atoms with Gasteiger partial charge in [0.25, 0.3) is 0 Å². The van der Waals surface area contributed by atoms with E-state index >= 15 is 4.39 Å². The molecule has 10 nitrogen and oxygen atoms in total. The summed E-state index contributed by atoms with van der Waals surface area (Å²) in [4.78, 5) is 12.0. The number of halogens is 2. The fourth-order valence-corrected chi connectivity index (χ4v) is 7.26. The minimum absolute atomic E-state index is 0.103. The summed E-state index contributed by atoms with van der Waals surface area (Å²) in [6.45, 7) is 12.3. The summed E-state index contributed by atoms with van der Waals surface area (Å²) in [5.74, 6) is 0.860. The van der Waals surface area contributed by atoms with Crippen molar-refractivity contribution in [2.75, 3.05) is 44.5 Å². The number of aromatic nitrogens is 2. The summed E-state index contributed by atoms with van der Waals surface area (Å²) in [5, 5.41) is 18.2. The van der Waals surface area contributed by atoms with Crippen LogP contribution in [0.1, 0.15) is 136 Å². The molecular weight excluding hydrogens is 755 g/mol. The van der Waals surface area contributed by atoms with Crippen molar-refractivity contribution in [2.24, 2.45) is 0 Å². The van der Waals surface area contributed by atoms with Crippen LogP contribution in [0.5, 0.6) is 17.2 Å². The van der Waals surface area contributed by atoms with Gasteiger partial charge in [0, 0.05) is 42.4 Å². The first-order valence-electron chi connectivity index (χ1n) is 21.8. The monoisotopic (exact) mass is 823 g/mol. The number of nitrogens with one attached hydrogen (secondary N) is 1. The van der Waals surface area contributed by atoms with E-state index in [1.54, 1.807) is 12.1 Å². The number of aromatic hydroxyl groups is 1. The number of anilines is 2. The Balaban J connectivity index is 0.000000362. The standard InChI is InChI=1S/C32H36FN3O5.C13H26FNO.C2H6/c1-32(2,3)41-13-12-38-26-16-23(33)15-24(17-26)35-28-14-22-19-34-36(31-6-4-5-11-39-31)27(22)18-30(28)40-20-29(35)21-7-9-25(37)10-8-21;14-11-9-7-5-3-1-2-4-6-8-10-12-15-13-16;1-2/h7-10,14-19,29,31,37H,4-6,11-13,20H2,1-3H3;13H,1-12H2,(H,15,16);1-2H3/t29-,31?;;/m0../s1. The number of phenols is 1. The van der Waals surface area contributed by atoms with E-state index in [-0.39, 0.29) is 30.3 Å². The molecular formula is C47H68F2N4O6. The van der Waals surface area contributed by atoms with Gasteiger partial charge in [0.05, 0.1) is 42.3 Å². The highest BCUT2D eigenvalue weighted by molar-refractivity contribution is 5.89. The average Bonchev–Trinajstić information content (AvgIpc) is 3.65. The number of benzene rings is 3. The third-order valence-corrected chi connectivity index (χ3v) is 10.2. The van der Waals surface area contributed by atoms with Gasteiger partial charge in [-0.2, -0.15) is 5.10 Å². The molecule has 0 radical (unpaired) electrons. The van der Waals surface area contributed by atoms with Crippen LogP contribution in [0.3, 0.4) is 0 Å². The molecule has 2 aliphatic rings. The molecule has 1 unspecified atom stereocenters. The molecule has 12 heteroatoms. The number of phenolic OH excluding ortho intramolecular Hbond substituents is 1. The van der Waals surface area contributed by atoms with Gasteiger partial charge in [-0.15, -0.1) is 0 Å². The summed E-state index contributed by atoms with van der Waals surface area (Å²) in [6.07, 6.45) is 17.3. The molecule has 59 heavy (non-hydrogen) atoms. The second-order valence-electron chi connectivity index (χ2n) is 15.8. The van der Waals surface area contributed by atoms with Crippen LogP contribution in [-0.2, 0) is 14.3 Å². The Morgan fingerprint density at radius 2 is 1.61 bits per heavy atom. The molecule has 1 aromatic heterocycles. The second-order valence-corrected chi connectivity index (χ2v) is 15.8. The molecule has 1 amide bonds. The van der Waals surface area contributed by atoms with Crippen LogP contribution >= 0.6 is 0 Å². The van der Waals surface area contributed by atoms with Gasteiger partial charge in [-0.25, -0.2) is 9.07 Å². The van der Waals surface area contributed by atoms with E-state index in [0.717, 1.165) is 80.2 Å². The van der Waals surface area contributed by atoms with Crippen molar-refractivity contribution in [2.45, 2.75) is 136 Å². The molecule has 2 aliphatic heterocycles. The fourth-order valence-electron chi connectivity index (χ4n) is 7.26. The largest absolute Gasteiger partial charge is 0.508 e. The minimum Gasteiger partial charge on any atom is -0.508 e. The van der Waals surface area contributed by atoms with Crippen molar-refractivity contribution in [3.8, 4) is 17.2 Å². The Kier molecular flexibility index (Phi) is 20.2. The van der Waals surface area contributed by atoms with Crippen LogP contribution in [0, 0.1) is 5.82 Å². The summed E-state index contributed by atoms with van der Waals surface area (Å²) in [5.41, 5.74) is 2.99. The number of alkyl halides is 1. The summed E-state index contributed by atoms with van der Waals surface area (Å²) in [7, 11) is 0. The van der Waals surface area contributed by atoms with Gasteiger partial charge in [0.1, 0.15) is 36.3 Å². The highest BCUT2D eigenvalue weighted by Crippen LogP contribution is 2.47. The Labute approximate surface area is 350 Å². The first kappa shape index (κ1) is 47.3. The Morgan fingerprint density at radius 1 is 0.915 bits per heavy atom. The van der Waals surface area contributed by atoms with E-state index in [1.807, 2.05) is 75.8 Å². The Hall–Kier alpha value is -4.42. The lowest BCUT2D eigenvalue weighted by Gasteiger charge is -2.39. The van der Waals surface area contributed by atoms with Crippen LogP contribution in [0.25, 0.3) is 10.9 Å². The Morgan fingerprint density at radius 3 is 2.25 bits per heavy atom. The van der Waals surface area contributed by atoms with E-state index < -0.39 is 5.82 Å². The molecule has 1 fully saturated rings. The normalized spacial score (nSPS) is 16.2. The topological polar surface area (TPSA) is 107 Å². The maximum Gasteiger partial charge on any atom is 0.207 e. The number of carbonyl (C=O) groups excluding carboxylic acids is 1. The summed E-state index contributed by atoms with van der Waals surface area (Å²) >= 11 is 0. The molecule has 3 aromatic carbocycles.